The second-order valence-electron chi connectivity index (χ2n) is 12.7. The van der Waals surface area contributed by atoms with E-state index < -0.39 is 6.10 Å². The first-order valence-corrected chi connectivity index (χ1v) is 13.7. The van der Waals surface area contributed by atoms with E-state index in [0.717, 1.165) is 42.9 Å². The topological polar surface area (TPSA) is 64.2 Å². The van der Waals surface area contributed by atoms with Crippen LogP contribution >= 0.6 is 0 Å². The molecule has 4 rings (SSSR count). The lowest BCUT2D eigenvalue weighted by Crippen LogP contribution is -2.56. The molecule has 0 amide bonds. The monoisotopic (exact) mass is 441 g/mol. The highest BCUT2D eigenvalue weighted by molar-refractivity contribution is 5.29. The van der Waals surface area contributed by atoms with E-state index in [9.17, 15) is 15.5 Å². The van der Waals surface area contributed by atoms with Gasteiger partial charge in [0.25, 0.3) is 0 Å². The van der Waals surface area contributed by atoms with Crippen molar-refractivity contribution in [2.24, 2.45) is 46.3 Å². The molecule has 0 bridgehead atoms. The Morgan fingerprint density at radius 2 is 1.88 bits per heavy atom. The minimum atomic E-state index is -0.587. The molecule has 1 unspecified atom stereocenters. The number of nitriles is 1. The molecule has 0 aromatic carbocycles. The number of hydrogen-bond donors (Lipinski definition) is 2. The Morgan fingerprint density at radius 1 is 1.09 bits per heavy atom. The summed E-state index contributed by atoms with van der Waals surface area (Å²) in [5.74, 6) is 4.30. The summed E-state index contributed by atoms with van der Waals surface area (Å²) in [4.78, 5) is 0. The predicted octanol–water partition coefficient (Wildman–Crippen LogP) is 6.64. The van der Waals surface area contributed by atoms with Crippen LogP contribution in [0.25, 0.3) is 0 Å². The molecule has 3 fully saturated rings. The quantitative estimate of drug-likeness (QED) is 0.435. The van der Waals surface area contributed by atoms with Crippen LogP contribution in [0.2, 0.25) is 0 Å². The maximum Gasteiger partial charge on any atom is 0.0766 e. The lowest BCUT2D eigenvalue weighted by Gasteiger charge is -2.60. The first-order valence-electron chi connectivity index (χ1n) is 13.7. The number of aliphatic hydroxyl groups excluding tert-OH is 2. The largest absolute Gasteiger partial charge is 0.393 e. The van der Waals surface area contributed by atoms with Crippen LogP contribution in [0.5, 0.6) is 0 Å². The predicted molar refractivity (Wildman–Crippen MR) is 130 cm³/mol. The number of hydrogen-bond acceptors (Lipinski definition) is 3. The molecule has 0 aromatic heterocycles. The van der Waals surface area contributed by atoms with Gasteiger partial charge in [-0.05, 0) is 92.3 Å². The smallest absolute Gasteiger partial charge is 0.0766 e. The Balaban J connectivity index is 1.57. The molecular formula is C29H47NO2. The molecule has 0 saturated heterocycles. The molecule has 4 aliphatic rings. The fraction of sp³-hybridized carbons (Fsp3) is 0.897. The first kappa shape index (κ1) is 24.3. The minimum absolute atomic E-state index is 0.216. The van der Waals surface area contributed by atoms with E-state index in [-0.39, 0.29) is 17.9 Å². The van der Waals surface area contributed by atoms with E-state index in [1.807, 2.05) is 0 Å². The highest BCUT2D eigenvalue weighted by atomic mass is 16.3. The van der Waals surface area contributed by atoms with E-state index in [2.05, 4.69) is 39.8 Å². The summed E-state index contributed by atoms with van der Waals surface area (Å²) in [6, 6.07) is 2.26. The van der Waals surface area contributed by atoms with Crippen molar-refractivity contribution >= 4 is 0 Å². The normalized spacial score (nSPS) is 42.9. The summed E-state index contributed by atoms with van der Waals surface area (Å²) in [6.07, 6.45) is 14.4. The van der Waals surface area contributed by atoms with Crippen molar-refractivity contribution in [3.8, 4) is 6.07 Å². The summed E-state index contributed by atoms with van der Waals surface area (Å²) in [6.45, 7) is 9.80. The highest BCUT2D eigenvalue weighted by Gasteiger charge is 2.61. The third-order valence-electron chi connectivity index (χ3n) is 10.8. The van der Waals surface area contributed by atoms with Crippen molar-refractivity contribution in [1.29, 1.82) is 5.26 Å². The Labute approximate surface area is 196 Å². The summed E-state index contributed by atoms with van der Waals surface area (Å²) >= 11 is 0. The van der Waals surface area contributed by atoms with Gasteiger partial charge in [0.15, 0.2) is 0 Å². The fourth-order valence-corrected chi connectivity index (χ4v) is 9.26. The maximum absolute atomic E-state index is 11.3. The van der Waals surface area contributed by atoms with E-state index in [0.29, 0.717) is 23.7 Å². The Bertz CT molecular complexity index is 738. The second kappa shape index (κ2) is 9.42. The van der Waals surface area contributed by atoms with Crippen molar-refractivity contribution in [2.75, 3.05) is 0 Å². The zero-order chi connectivity index (χ0) is 23.1. The molecule has 3 nitrogen and oxygen atoms in total. The van der Waals surface area contributed by atoms with Crippen LogP contribution in [0.15, 0.2) is 11.6 Å². The van der Waals surface area contributed by atoms with Crippen molar-refractivity contribution in [2.45, 2.75) is 117 Å². The number of rotatable bonds is 7. The first-order chi connectivity index (χ1) is 15.2. The van der Waals surface area contributed by atoms with Gasteiger partial charge in [-0.15, -0.1) is 0 Å². The van der Waals surface area contributed by atoms with Gasteiger partial charge in [-0.2, -0.15) is 5.26 Å². The SMILES string of the molecule is CC(C)CCC[C@@H](C)[C@H]1CC[C@H]2[C@@H]3CC=C4C[C@@H](O)CC[C@]4(C(O)CC#N)[C@H]3CC[C@]12C. The van der Waals surface area contributed by atoms with Gasteiger partial charge in [0.2, 0.25) is 0 Å². The van der Waals surface area contributed by atoms with E-state index in [4.69, 9.17) is 0 Å². The highest BCUT2D eigenvalue weighted by Crippen LogP contribution is 2.68. The molecule has 0 heterocycles. The molecule has 0 radical (unpaired) electrons. The van der Waals surface area contributed by atoms with Gasteiger partial charge in [-0.3, -0.25) is 0 Å². The van der Waals surface area contributed by atoms with Crippen molar-refractivity contribution in [1.82, 2.24) is 0 Å². The molecule has 3 heteroatoms. The molecule has 2 N–H and O–H groups in total. The Morgan fingerprint density at radius 3 is 2.59 bits per heavy atom. The van der Waals surface area contributed by atoms with Crippen molar-refractivity contribution in [3.05, 3.63) is 11.6 Å². The Kier molecular flexibility index (Phi) is 7.15. The number of allylic oxidation sites excluding steroid dienone is 1. The molecule has 0 aliphatic heterocycles. The second-order valence-corrected chi connectivity index (χ2v) is 12.7. The molecule has 180 valence electrons. The number of fused-ring (bicyclic) bond motifs is 5. The zero-order valence-electron chi connectivity index (χ0n) is 21.0. The summed E-state index contributed by atoms with van der Waals surface area (Å²) in [5, 5.41) is 31.1. The van der Waals surface area contributed by atoms with Gasteiger partial charge in [-0.25, -0.2) is 0 Å². The average molecular weight is 442 g/mol. The van der Waals surface area contributed by atoms with Gasteiger partial charge in [0.1, 0.15) is 0 Å². The van der Waals surface area contributed by atoms with Crippen LogP contribution in [-0.4, -0.2) is 22.4 Å². The number of aliphatic hydroxyl groups is 2. The standard InChI is InChI=1S/C29H47NO2/c1-19(2)6-5-7-20(3)24-10-11-25-23-9-8-21-18-22(31)12-16-29(21,27(32)14-17-30)26(23)13-15-28(24,25)4/h8,19-20,22-27,31-32H,5-7,9-16,18H2,1-4H3/t20-,22+,23+,24-,25+,26+,27?,28-,29-/m1/s1. The van der Waals surface area contributed by atoms with Gasteiger partial charge in [0.05, 0.1) is 24.7 Å². The van der Waals surface area contributed by atoms with E-state index in [1.165, 1.54) is 50.5 Å². The summed E-state index contributed by atoms with van der Waals surface area (Å²) in [7, 11) is 0. The van der Waals surface area contributed by atoms with Crippen LogP contribution < -0.4 is 0 Å². The van der Waals surface area contributed by atoms with Crippen molar-refractivity contribution in [3.63, 3.8) is 0 Å². The molecular weight excluding hydrogens is 394 g/mol. The third kappa shape index (κ3) is 3.98. The van der Waals surface area contributed by atoms with Gasteiger partial charge in [-0.1, -0.05) is 58.6 Å². The lowest BCUT2D eigenvalue weighted by molar-refractivity contribution is -0.107. The molecule has 32 heavy (non-hydrogen) atoms. The Hall–Kier alpha value is -0.850. The fourth-order valence-electron chi connectivity index (χ4n) is 9.26. The van der Waals surface area contributed by atoms with Gasteiger partial charge >= 0.3 is 0 Å². The van der Waals surface area contributed by atoms with E-state index >= 15 is 0 Å². The third-order valence-corrected chi connectivity index (χ3v) is 10.8. The van der Waals surface area contributed by atoms with Crippen molar-refractivity contribution < 1.29 is 10.2 Å². The average Bonchev–Trinajstić information content (AvgIpc) is 3.10. The molecule has 4 aliphatic carbocycles. The number of nitrogens with zero attached hydrogens (tertiary/aromatic N) is 1. The molecule has 0 spiro atoms. The lowest BCUT2D eigenvalue weighted by atomic mass is 9.45. The van der Waals surface area contributed by atoms with Crippen LogP contribution in [0.4, 0.5) is 0 Å². The molecule has 0 aromatic rings. The van der Waals surface area contributed by atoms with Crippen LogP contribution in [0.3, 0.4) is 0 Å². The van der Waals surface area contributed by atoms with Gasteiger partial charge < -0.3 is 10.2 Å². The van der Waals surface area contributed by atoms with E-state index in [1.54, 1.807) is 0 Å². The van der Waals surface area contributed by atoms with Crippen LogP contribution in [0, 0.1) is 57.7 Å². The zero-order valence-corrected chi connectivity index (χ0v) is 21.0. The maximum atomic E-state index is 11.3. The van der Waals surface area contributed by atoms with Gasteiger partial charge in [0, 0.05) is 5.41 Å². The molecule has 3 saturated carbocycles. The van der Waals surface area contributed by atoms with Crippen LogP contribution in [-0.2, 0) is 0 Å². The molecule has 9 atom stereocenters. The summed E-state index contributed by atoms with van der Waals surface area (Å²) < 4.78 is 0. The minimum Gasteiger partial charge on any atom is -0.393 e. The van der Waals surface area contributed by atoms with Crippen LogP contribution in [0.1, 0.15) is 105 Å². The summed E-state index contributed by atoms with van der Waals surface area (Å²) in [5.41, 5.74) is 1.44.